The molecule has 2 aliphatic heterocycles. The lowest BCUT2D eigenvalue weighted by Gasteiger charge is -2.32. The van der Waals surface area contributed by atoms with Gasteiger partial charge in [-0.2, -0.15) is 0 Å². The molecule has 84 valence electrons. The van der Waals surface area contributed by atoms with Gasteiger partial charge in [0.1, 0.15) is 0 Å². The fourth-order valence-electron chi connectivity index (χ4n) is 3.50. The number of hydrogen-bond donors (Lipinski definition) is 1. The average molecular weight is 208 g/mol. The monoisotopic (exact) mass is 208 g/mol. The Morgan fingerprint density at radius 2 is 1.93 bits per heavy atom. The van der Waals surface area contributed by atoms with E-state index in [1.807, 2.05) is 0 Å². The van der Waals surface area contributed by atoms with Gasteiger partial charge in [0.25, 0.3) is 0 Å². The Hall–Kier alpha value is -0.570. The molecule has 3 heteroatoms. The van der Waals surface area contributed by atoms with Crippen LogP contribution in [-0.4, -0.2) is 36.5 Å². The zero-order chi connectivity index (χ0) is 10.3. The van der Waals surface area contributed by atoms with E-state index in [9.17, 15) is 4.79 Å². The number of hydrogen-bond acceptors (Lipinski definition) is 2. The van der Waals surface area contributed by atoms with Gasteiger partial charge in [-0.1, -0.05) is 0 Å². The molecule has 2 atom stereocenters. The van der Waals surface area contributed by atoms with Crippen molar-refractivity contribution < 1.29 is 4.79 Å². The molecule has 3 aliphatic rings. The third-order valence-electron chi connectivity index (χ3n) is 4.38. The van der Waals surface area contributed by atoms with E-state index < -0.39 is 0 Å². The fraction of sp³-hybridized carbons (Fsp3) is 0.917. The molecule has 0 radical (unpaired) electrons. The van der Waals surface area contributed by atoms with Crippen molar-refractivity contribution in [3.8, 4) is 0 Å². The minimum atomic E-state index is 0.325. The molecule has 2 bridgehead atoms. The number of rotatable bonds is 1. The Morgan fingerprint density at radius 1 is 1.13 bits per heavy atom. The topological polar surface area (TPSA) is 32.3 Å². The van der Waals surface area contributed by atoms with E-state index in [0.29, 0.717) is 17.9 Å². The summed E-state index contributed by atoms with van der Waals surface area (Å²) in [6, 6.07) is 0.609. The maximum Gasteiger partial charge on any atom is 0.226 e. The van der Waals surface area contributed by atoms with Gasteiger partial charge < -0.3 is 10.2 Å². The molecule has 3 rings (SSSR count). The molecule has 3 fully saturated rings. The Bertz CT molecular complexity index is 260. The maximum absolute atomic E-state index is 12.3. The van der Waals surface area contributed by atoms with E-state index in [0.717, 1.165) is 38.4 Å². The molecule has 15 heavy (non-hydrogen) atoms. The molecule has 1 saturated carbocycles. The van der Waals surface area contributed by atoms with E-state index in [2.05, 4.69) is 10.2 Å². The third-order valence-corrected chi connectivity index (χ3v) is 4.38. The summed E-state index contributed by atoms with van der Waals surface area (Å²) in [5.41, 5.74) is 0. The molecule has 2 saturated heterocycles. The van der Waals surface area contributed by atoms with Crippen LogP contribution >= 0.6 is 0 Å². The second-order valence-electron chi connectivity index (χ2n) is 5.35. The molecular formula is C12H20N2O. The fourth-order valence-corrected chi connectivity index (χ4v) is 3.50. The number of carbonyl (C=O) groups is 1. The standard InChI is InChI=1S/C12H20N2O/c15-12(10-3-5-13-6-4-10)14-8-9-1-2-11(14)7-9/h9-11,13H,1-8H2/t9-,11-/m0/s1. The predicted molar refractivity (Wildman–Crippen MR) is 58.4 cm³/mol. The number of amides is 1. The average Bonchev–Trinajstić information content (AvgIpc) is 2.91. The highest BCUT2D eigenvalue weighted by molar-refractivity contribution is 5.79. The SMILES string of the molecule is O=C(C1CCNCC1)N1C[C@H]2CC[C@H]1C2. The van der Waals surface area contributed by atoms with Crippen LogP contribution in [0.25, 0.3) is 0 Å². The van der Waals surface area contributed by atoms with Crippen molar-refractivity contribution in [3.05, 3.63) is 0 Å². The van der Waals surface area contributed by atoms with Gasteiger partial charge >= 0.3 is 0 Å². The Morgan fingerprint density at radius 3 is 2.53 bits per heavy atom. The lowest BCUT2D eigenvalue weighted by atomic mass is 9.95. The van der Waals surface area contributed by atoms with Crippen molar-refractivity contribution in [1.29, 1.82) is 0 Å². The molecule has 3 nitrogen and oxygen atoms in total. The Kier molecular flexibility index (Phi) is 2.43. The van der Waals surface area contributed by atoms with Gasteiger partial charge in [-0.3, -0.25) is 4.79 Å². The molecule has 1 amide bonds. The normalized spacial score (nSPS) is 36.1. The first-order valence-electron chi connectivity index (χ1n) is 6.36. The summed E-state index contributed by atoms with van der Waals surface area (Å²) in [5.74, 6) is 1.62. The van der Waals surface area contributed by atoms with Crippen LogP contribution in [0.4, 0.5) is 0 Å². The highest BCUT2D eigenvalue weighted by atomic mass is 16.2. The summed E-state index contributed by atoms with van der Waals surface area (Å²) in [6.45, 7) is 3.12. The number of piperidine rings is 2. The quantitative estimate of drug-likeness (QED) is 0.697. The van der Waals surface area contributed by atoms with Crippen molar-refractivity contribution in [2.45, 2.75) is 38.1 Å². The highest BCUT2D eigenvalue weighted by Gasteiger charge is 2.41. The van der Waals surface area contributed by atoms with Crippen LogP contribution in [0.1, 0.15) is 32.1 Å². The summed E-state index contributed by atoms with van der Waals surface area (Å²) in [5, 5.41) is 3.32. The second kappa shape index (κ2) is 3.78. The first-order valence-corrected chi connectivity index (χ1v) is 6.36. The maximum atomic E-state index is 12.3. The number of likely N-dealkylation sites (tertiary alicyclic amines) is 1. The van der Waals surface area contributed by atoms with E-state index in [1.54, 1.807) is 0 Å². The van der Waals surface area contributed by atoms with Gasteiger partial charge in [0.15, 0.2) is 0 Å². The van der Waals surface area contributed by atoms with E-state index in [4.69, 9.17) is 0 Å². The molecule has 2 heterocycles. The molecule has 0 spiro atoms. The van der Waals surface area contributed by atoms with Crippen LogP contribution in [0.3, 0.4) is 0 Å². The van der Waals surface area contributed by atoms with Crippen molar-refractivity contribution in [2.75, 3.05) is 19.6 Å². The molecule has 0 aromatic heterocycles. The van der Waals surface area contributed by atoms with Gasteiger partial charge in [-0.15, -0.1) is 0 Å². The lowest BCUT2D eigenvalue weighted by molar-refractivity contribution is -0.138. The predicted octanol–water partition coefficient (Wildman–Crippen LogP) is 0.997. The van der Waals surface area contributed by atoms with Crippen LogP contribution < -0.4 is 5.32 Å². The van der Waals surface area contributed by atoms with E-state index in [-0.39, 0.29) is 0 Å². The molecular weight excluding hydrogens is 188 g/mol. The van der Waals surface area contributed by atoms with Crippen LogP contribution in [0.5, 0.6) is 0 Å². The molecule has 0 unspecified atom stereocenters. The lowest BCUT2D eigenvalue weighted by Crippen LogP contribution is -2.44. The molecule has 1 aliphatic carbocycles. The third kappa shape index (κ3) is 1.67. The van der Waals surface area contributed by atoms with Gasteiger partial charge in [0.2, 0.25) is 5.91 Å². The van der Waals surface area contributed by atoms with Crippen molar-refractivity contribution >= 4 is 5.91 Å². The highest BCUT2D eigenvalue weighted by Crippen LogP contribution is 2.38. The molecule has 0 aromatic rings. The van der Waals surface area contributed by atoms with E-state index in [1.165, 1.54) is 19.3 Å². The number of nitrogens with zero attached hydrogens (tertiary/aromatic N) is 1. The summed E-state index contributed by atoms with van der Waals surface area (Å²) in [6.07, 6.45) is 6.01. The van der Waals surface area contributed by atoms with E-state index >= 15 is 0 Å². The summed E-state index contributed by atoms with van der Waals surface area (Å²) in [7, 11) is 0. The number of fused-ring (bicyclic) bond motifs is 2. The Balaban J connectivity index is 1.64. The smallest absolute Gasteiger partial charge is 0.226 e. The van der Waals surface area contributed by atoms with Crippen molar-refractivity contribution in [3.63, 3.8) is 0 Å². The van der Waals surface area contributed by atoms with Crippen LogP contribution in [0.15, 0.2) is 0 Å². The first-order chi connectivity index (χ1) is 7.34. The summed E-state index contributed by atoms with van der Waals surface area (Å²) in [4.78, 5) is 14.5. The second-order valence-corrected chi connectivity index (χ2v) is 5.35. The molecule has 0 aromatic carbocycles. The minimum Gasteiger partial charge on any atom is -0.339 e. The number of carbonyl (C=O) groups excluding carboxylic acids is 1. The van der Waals surface area contributed by atoms with Gasteiger partial charge in [0, 0.05) is 18.5 Å². The number of nitrogens with one attached hydrogen (secondary N) is 1. The largest absolute Gasteiger partial charge is 0.339 e. The Labute approximate surface area is 91.2 Å². The zero-order valence-electron chi connectivity index (χ0n) is 9.24. The van der Waals surface area contributed by atoms with Gasteiger partial charge in [-0.05, 0) is 51.1 Å². The first kappa shape index (κ1) is 9.64. The van der Waals surface area contributed by atoms with Gasteiger partial charge in [-0.25, -0.2) is 0 Å². The summed E-state index contributed by atoms with van der Waals surface area (Å²) >= 11 is 0. The van der Waals surface area contributed by atoms with Crippen LogP contribution in [0, 0.1) is 11.8 Å². The van der Waals surface area contributed by atoms with Crippen LogP contribution in [0.2, 0.25) is 0 Å². The minimum absolute atomic E-state index is 0.325. The summed E-state index contributed by atoms with van der Waals surface area (Å²) < 4.78 is 0. The van der Waals surface area contributed by atoms with Crippen molar-refractivity contribution in [1.82, 2.24) is 10.2 Å². The van der Waals surface area contributed by atoms with Crippen molar-refractivity contribution in [2.24, 2.45) is 11.8 Å². The van der Waals surface area contributed by atoms with Crippen LogP contribution in [-0.2, 0) is 4.79 Å². The molecule has 1 N–H and O–H groups in total. The van der Waals surface area contributed by atoms with Gasteiger partial charge in [0.05, 0.1) is 0 Å². The zero-order valence-corrected chi connectivity index (χ0v) is 9.24.